The van der Waals surface area contributed by atoms with Gasteiger partial charge in [0.15, 0.2) is 0 Å². The van der Waals surface area contributed by atoms with E-state index in [9.17, 15) is 19.5 Å². The molecule has 0 saturated carbocycles. The van der Waals surface area contributed by atoms with Gasteiger partial charge in [-0.3, -0.25) is 24.6 Å². The van der Waals surface area contributed by atoms with Crippen molar-refractivity contribution in [1.82, 2.24) is 10.2 Å². The number of carbonyl (C=O) groups is 3. The average Bonchev–Trinajstić information content (AvgIpc) is 3.20. The molecule has 8 heteroatoms. The third-order valence-corrected chi connectivity index (χ3v) is 6.45. The number of benzene rings is 1. The number of likely N-dealkylation sites (tertiary alicyclic amines) is 1. The number of unbranched alkanes of at least 4 members (excludes halogenated alkanes) is 1. The highest BCUT2D eigenvalue weighted by atomic mass is 79.9. The van der Waals surface area contributed by atoms with Crippen LogP contribution in [-0.4, -0.2) is 46.4 Å². The number of hydrogen-bond donors (Lipinski definition) is 3. The van der Waals surface area contributed by atoms with E-state index in [2.05, 4.69) is 26.6 Å². The third-order valence-electron chi connectivity index (χ3n) is 5.96. The van der Waals surface area contributed by atoms with Crippen molar-refractivity contribution in [3.05, 3.63) is 28.2 Å². The van der Waals surface area contributed by atoms with Gasteiger partial charge in [-0.15, -0.1) is 0 Å². The standard InChI is InChI=1S/C19H22BrN3O4/c1-3-4-7-23-16(25)13-14(17(23)26)19(22-15(13)9(2)24)11-8-10(20)5-6-12(11)21-18(19)27/h5-6,8-9,13-15,22,24H,3-4,7H2,1-2H3,(H,21,27)/t9?,13-,14-,15?,19?/m0/s1. The second-order valence-electron chi connectivity index (χ2n) is 7.55. The van der Waals surface area contributed by atoms with E-state index in [0.717, 1.165) is 10.9 Å². The molecule has 0 aromatic heterocycles. The number of halogens is 1. The molecule has 0 aliphatic carbocycles. The topological polar surface area (TPSA) is 98.7 Å². The van der Waals surface area contributed by atoms with Gasteiger partial charge in [0, 0.05) is 28.3 Å². The van der Waals surface area contributed by atoms with Crippen molar-refractivity contribution >= 4 is 39.3 Å². The number of amides is 3. The molecule has 2 fully saturated rings. The zero-order valence-electron chi connectivity index (χ0n) is 15.2. The summed E-state index contributed by atoms with van der Waals surface area (Å²) >= 11 is 3.43. The van der Waals surface area contributed by atoms with Crippen LogP contribution in [-0.2, 0) is 19.9 Å². The number of anilines is 1. The Bertz CT molecular complexity index is 842. The summed E-state index contributed by atoms with van der Waals surface area (Å²) in [6.07, 6.45) is 0.681. The molecule has 2 saturated heterocycles. The number of nitrogens with zero attached hydrogens (tertiary/aromatic N) is 1. The van der Waals surface area contributed by atoms with Crippen molar-refractivity contribution in [2.45, 2.75) is 44.4 Å². The molecule has 3 unspecified atom stereocenters. The van der Waals surface area contributed by atoms with Gasteiger partial charge in [0.05, 0.1) is 17.9 Å². The predicted molar refractivity (Wildman–Crippen MR) is 102 cm³/mol. The molecule has 0 bridgehead atoms. The molecule has 3 heterocycles. The maximum atomic E-state index is 13.3. The monoisotopic (exact) mass is 435 g/mol. The Labute approximate surface area is 165 Å². The van der Waals surface area contributed by atoms with Crippen molar-refractivity contribution in [3.63, 3.8) is 0 Å². The number of carbonyl (C=O) groups excluding carboxylic acids is 3. The van der Waals surface area contributed by atoms with Gasteiger partial charge in [0.1, 0.15) is 5.54 Å². The largest absolute Gasteiger partial charge is 0.392 e. The van der Waals surface area contributed by atoms with E-state index < -0.39 is 29.5 Å². The van der Waals surface area contributed by atoms with Crippen LogP contribution in [0.25, 0.3) is 0 Å². The van der Waals surface area contributed by atoms with E-state index >= 15 is 0 Å². The highest BCUT2D eigenvalue weighted by molar-refractivity contribution is 9.10. The van der Waals surface area contributed by atoms with Crippen LogP contribution in [0.1, 0.15) is 32.3 Å². The number of hydrogen-bond acceptors (Lipinski definition) is 5. The number of aliphatic hydroxyl groups is 1. The van der Waals surface area contributed by atoms with Gasteiger partial charge in [0.25, 0.3) is 0 Å². The summed E-state index contributed by atoms with van der Waals surface area (Å²) in [6, 6.07) is 4.71. The van der Waals surface area contributed by atoms with Crippen molar-refractivity contribution in [2.75, 3.05) is 11.9 Å². The Balaban J connectivity index is 1.86. The molecule has 144 valence electrons. The van der Waals surface area contributed by atoms with Gasteiger partial charge >= 0.3 is 0 Å². The highest BCUT2D eigenvalue weighted by Crippen LogP contribution is 2.53. The molecule has 3 aliphatic heterocycles. The minimum absolute atomic E-state index is 0.301. The Morgan fingerprint density at radius 3 is 2.70 bits per heavy atom. The predicted octanol–water partition coefficient (Wildman–Crippen LogP) is 1.35. The van der Waals surface area contributed by atoms with E-state index in [-0.39, 0.29) is 17.7 Å². The van der Waals surface area contributed by atoms with Crippen molar-refractivity contribution < 1.29 is 19.5 Å². The Morgan fingerprint density at radius 2 is 2.04 bits per heavy atom. The lowest BCUT2D eigenvalue weighted by Gasteiger charge is -2.30. The first-order chi connectivity index (χ1) is 12.8. The minimum atomic E-state index is -1.35. The molecule has 3 N–H and O–H groups in total. The van der Waals surface area contributed by atoms with Gasteiger partial charge in [-0.2, -0.15) is 0 Å². The Morgan fingerprint density at radius 1 is 1.30 bits per heavy atom. The number of imide groups is 1. The number of nitrogens with one attached hydrogen (secondary N) is 2. The van der Waals surface area contributed by atoms with E-state index in [0.29, 0.717) is 24.2 Å². The zero-order valence-corrected chi connectivity index (χ0v) is 16.7. The van der Waals surface area contributed by atoms with Gasteiger partial charge in [-0.25, -0.2) is 0 Å². The molecular weight excluding hydrogens is 414 g/mol. The van der Waals surface area contributed by atoms with Gasteiger partial charge in [-0.1, -0.05) is 29.3 Å². The van der Waals surface area contributed by atoms with Crippen molar-refractivity contribution in [3.8, 4) is 0 Å². The molecule has 1 aromatic rings. The summed E-state index contributed by atoms with van der Waals surface area (Å²) in [5, 5.41) is 16.3. The van der Waals surface area contributed by atoms with Gasteiger partial charge < -0.3 is 10.4 Å². The third kappa shape index (κ3) is 2.43. The summed E-state index contributed by atoms with van der Waals surface area (Å²) in [5.74, 6) is -2.61. The Kier molecular flexibility index (Phi) is 4.40. The molecule has 7 nitrogen and oxygen atoms in total. The first-order valence-corrected chi connectivity index (χ1v) is 10.0. The molecule has 27 heavy (non-hydrogen) atoms. The number of aliphatic hydroxyl groups excluding tert-OH is 1. The number of rotatable bonds is 4. The summed E-state index contributed by atoms with van der Waals surface area (Å²) in [7, 11) is 0. The van der Waals surface area contributed by atoms with Crippen LogP contribution in [0.2, 0.25) is 0 Å². The second kappa shape index (κ2) is 6.39. The SMILES string of the molecule is CCCCN1C(=O)[C@@H]2C(C(C)O)NC3(C(=O)Nc4ccc(Br)cc43)[C@@H]2C1=O. The van der Waals surface area contributed by atoms with Crippen molar-refractivity contribution in [1.29, 1.82) is 0 Å². The lowest BCUT2D eigenvalue weighted by Crippen LogP contribution is -2.54. The quantitative estimate of drug-likeness (QED) is 0.619. The van der Waals surface area contributed by atoms with Crippen molar-refractivity contribution in [2.24, 2.45) is 11.8 Å². The smallest absolute Gasteiger partial charge is 0.250 e. The fourth-order valence-corrected chi connectivity index (χ4v) is 5.08. The molecule has 3 aliphatic rings. The summed E-state index contributed by atoms with van der Waals surface area (Å²) in [4.78, 5) is 40.7. The van der Waals surface area contributed by atoms with Crippen LogP contribution in [0.15, 0.2) is 22.7 Å². The van der Waals surface area contributed by atoms with Gasteiger partial charge in [0.2, 0.25) is 17.7 Å². The summed E-state index contributed by atoms with van der Waals surface area (Å²) in [5.41, 5.74) is -0.0921. The van der Waals surface area contributed by atoms with E-state index in [1.165, 1.54) is 4.90 Å². The molecule has 5 atom stereocenters. The summed E-state index contributed by atoms with van der Waals surface area (Å²) in [6.45, 7) is 3.91. The lowest BCUT2D eigenvalue weighted by molar-refractivity contribution is -0.143. The summed E-state index contributed by atoms with van der Waals surface area (Å²) < 4.78 is 0.774. The molecule has 1 spiro atoms. The lowest BCUT2D eigenvalue weighted by atomic mass is 9.76. The average molecular weight is 436 g/mol. The van der Waals surface area contributed by atoms with Crippen LogP contribution < -0.4 is 10.6 Å². The Hall–Kier alpha value is -1.77. The van der Waals surface area contributed by atoms with Gasteiger partial charge in [-0.05, 0) is 31.5 Å². The second-order valence-corrected chi connectivity index (χ2v) is 8.46. The van der Waals surface area contributed by atoms with E-state index in [1.807, 2.05) is 13.0 Å². The molecule has 3 amide bonds. The maximum absolute atomic E-state index is 13.3. The fraction of sp³-hybridized carbons (Fsp3) is 0.526. The molecule has 4 rings (SSSR count). The fourth-order valence-electron chi connectivity index (χ4n) is 4.71. The first-order valence-electron chi connectivity index (χ1n) is 9.25. The van der Waals surface area contributed by atoms with Crippen LogP contribution in [0, 0.1) is 11.8 Å². The maximum Gasteiger partial charge on any atom is 0.250 e. The zero-order chi connectivity index (χ0) is 19.5. The molecule has 1 aromatic carbocycles. The molecular formula is C19H22BrN3O4. The van der Waals surface area contributed by atoms with Crippen LogP contribution in [0.3, 0.4) is 0 Å². The number of fused-ring (bicyclic) bond motifs is 4. The first kappa shape index (κ1) is 18.6. The molecule has 0 radical (unpaired) electrons. The minimum Gasteiger partial charge on any atom is -0.392 e. The van der Waals surface area contributed by atoms with Crippen LogP contribution >= 0.6 is 15.9 Å². The van der Waals surface area contributed by atoms with Crippen LogP contribution in [0.5, 0.6) is 0 Å². The van der Waals surface area contributed by atoms with Crippen LogP contribution in [0.4, 0.5) is 5.69 Å². The normalized spacial score (nSPS) is 32.8. The van der Waals surface area contributed by atoms with E-state index in [4.69, 9.17) is 0 Å². The van der Waals surface area contributed by atoms with E-state index in [1.54, 1.807) is 19.1 Å². The highest BCUT2D eigenvalue weighted by Gasteiger charge is 2.70.